The average molecular weight is 344 g/mol. The number of nitrogen functional groups attached to an aromatic ring is 1. The second-order valence-electron chi connectivity index (χ2n) is 4.74. The number of rotatable bonds is 4. The Bertz CT molecular complexity index is 712. The predicted octanol–water partition coefficient (Wildman–Crippen LogP) is -1.82. The zero-order valence-electron chi connectivity index (χ0n) is 12.0. The first-order chi connectivity index (χ1) is 10.9. The summed E-state index contributed by atoms with van der Waals surface area (Å²) in [5.41, 5.74) is 10.6. The van der Waals surface area contributed by atoms with Crippen LogP contribution in [0.2, 0.25) is 0 Å². The molecule has 1 aliphatic heterocycles. The molecule has 23 heavy (non-hydrogen) atoms. The Morgan fingerprint density at radius 1 is 1.61 bits per heavy atom. The van der Waals surface area contributed by atoms with Gasteiger partial charge in [-0.05, 0) is 0 Å². The van der Waals surface area contributed by atoms with Crippen LogP contribution in [0.5, 0.6) is 0 Å². The maximum absolute atomic E-state index is 12.0. The topological polar surface area (TPSA) is 163 Å². The largest absolute Gasteiger partial charge is 0.390 e. The van der Waals surface area contributed by atoms with E-state index in [1.165, 1.54) is 6.20 Å². The van der Waals surface area contributed by atoms with Gasteiger partial charge in [-0.3, -0.25) is 9.13 Å². The zero-order valence-corrected chi connectivity index (χ0v) is 13.0. The molecular weight excluding hydrogens is 327 g/mol. The molecule has 0 aliphatic carbocycles. The van der Waals surface area contributed by atoms with Crippen LogP contribution in [-0.4, -0.2) is 44.9 Å². The van der Waals surface area contributed by atoms with E-state index in [-0.39, 0.29) is 25.4 Å². The second-order valence-corrected chi connectivity index (χ2v) is 5.57. The third-order valence-corrected chi connectivity index (χ3v) is 3.61. The van der Waals surface area contributed by atoms with E-state index in [1.54, 1.807) is 0 Å². The van der Waals surface area contributed by atoms with Crippen LogP contribution in [0.3, 0.4) is 0 Å². The average Bonchev–Trinajstić information content (AvgIpc) is 2.85. The minimum atomic E-state index is -3.13. The lowest BCUT2D eigenvalue weighted by Crippen LogP contribution is -2.29. The normalized spacial score (nSPS) is 24.9. The summed E-state index contributed by atoms with van der Waals surface area (Å²) in [5, 5.41) is 9.91. The molecule has 0 saturated carbocycles. The van der Waals surface area contributed by atoms with Gasteiger partial charge in [0.2, 0.25) is 0 Å². The fourth-order valence-electron chi connectivity index (χ4n) is 2.12. The molecule has 1 fully saturated rings. The van der Waals surface area contributed by atoms with Gasteiger partial charge in [0, 0.05) is 12.6 Å². The van der Waals surface area contributed by atoms with Crippen LogP contribution >= 0.6 is 8.25 Å². The van der Waals surface area contributed by atoms with Gasteiger partial charge in [-0.25, -0.2) is 4.79 Å². The summed E-state index contributed by atoms with van der Waals surface area (Å²) in [6, 6.07) is 0. The molecular formula is C12H17N4O6P. The number of hydrogen-bond donors (Lipinski definition) is 4. The van der Waals surface area contributed by atoms with Crippen LogP contribution in [-0.2, 0) is 13.8 Å². The third-order valence-electron chi connectivity index (χ3n) is 3.19. The lowest BCUT2D eigenvalue weighted by molar-refractivity contribution is -0.0412. The summed E-state index contributed by atoms with van der Waals surface area (Å²) >= 11 is 0. The van der Waals surface area contributed by atoms with E-state index in [1.807, 2.05) is 0 Å². The Morgan fingerprint density at radius 2 is 2.35 bits per heavy atom. The molecule has 11 heteroatoms. The molecule has 1 saturated heterocycles. The Hall–Kier alpha value is -1.73. The number of nitrogens with two attached hydrogens (primary N) is 2. The number of aromatic nitrogens is 2. The van der Waals surface area contributed by atoms with Crippen LogP contribution in [0.25, 0.3) is 0 Å². The first-order valence-corrected chi connectivity index (χ1v) is 7.95. The highest BCUT2D eigenvalue weighted by Gasteiger charge is 2.36. The number of aliphatic hydroxyl groups excluding tert-OH is 1. The van der Waals surface area contributed by atoms with Crippen LogP contribution in [0, 0.1) is 11.8 Å². The Kier molecular flexibility index (Phi) is 5.90. The minimum absolute atomic E-state index is 0.0236. The maximum Gasteiger partial charge on any atom is 0.351 e. The molecule has 0 radical (unpaired) electrons. The lowest BCUT2D eigenvalue weighted by atomic mass is 10.2. The van der Waals surface area contributed by atoms with Crippen LogP contribution < -0.4 is 17.2 Å². The third kappa shape index (κ3) is 4.39. The molecule has 1 aromatic rings. The van der Waals surface area contributed by atoms with Crippen molar-refractivity contribution in [2.24, 2.45) is 5.73 Å². The van der Waals surface area contributed by atoms with E-state index in [0.717, 1.165) is 4.57 Å². The molecule has 2 unspecified atom stereocenters. The maximum atomic E-state index is 12.0. The van der Waals surface area contributed by atoms with Crippen molar-refractivity contribution in [3.8, 4) is 11.8 Å². The summed E-state index contributed by atoms with van der Waals surface area (Å²) in [5.74, 6) is 5.27. The molecule has 10 nitrogen and oxygen atoms in total. The van der Waals surface area contributed by atoms with E-state index in [2.05, 4.69) is 21.3 Å². The molecule has 6 N–H and O–H groups in total. The van der Waals surface area contributed by atoms with Crippen molar-refractivity contribution in [1.82, 2.24) is 9.55 Å². The monoisotopic (exact) mass is 344 g/mol. The van der Waals surface area contributed by atoms with E-state index < -0.39 is 32.4 Å². The summed E-state index contributed by atoms with van der Waals surface area (Å²) in [6.45, 7) is -0.139. The Morgan fingerprint density at radius 3 is 3.00 bits per heavy atom. The number of nitrogens with zero attached hydrogens (tertiary/aromatic N) is 2. The minimum Gasteiger partial charge on any atom is -0.390 e. The number of aliphatic hydroxyl groups is 1. The van der Waals surface area contributed by atoms with Crippen molar-refractivity contribution in [3.05, 3.63) is 22.2 Å². The first kappa shape index (κ1) is 17.6. The van der Waals surface area contributed by atoms with E-state index in [9.17, 15) is 14.5 Å². The van der Waals surface area contributed by atoms with Crippen molar-refractivity contribution < 1.29 is 23.8 Å². The summed E-state index contributed by atoms with van der Waals surface area (Å²) in [7, 11) is -3.13. The summed E-state index contributed by atoms with van der Waals surface area (Å²) in [4.78, 5) is 24.3. The van der Waals surface area contributed by atoms with Gasteiger partial charge in [0.15, 0.2) is 0 Å². The fraction of sp³-hybridized carbons (Fsp3) is 0.500. The van der Waals surface area contributed by atoms with Gasteiger partial charge in [-0.1, -0.05) is 11.8 Å². The van der Waals surface area contributed by atoms with Gasteiger partial charge in [0.1, 0.15) is 18.1 Å². The van der Waals surface area contributed by atoms with Crippen molar-refractivity contribution in [2.75, 3.05) is 18.9 Å². The molecule has 1 aromatic heterocycles. The highest BCUT2D eigenvalue weighted by molar-refractivity contribution is 7.32. The fourth-order valence-corrected chi connectivity index (χ4v) is 2.43. The standard InChI is InChI=1S/C12H17N4O6P/c13-3-1-2-7-5-16(12(18)15-11(7)14)10-4-8(17)9(22-10)6-21-23(19)20/h5,8-10,17,23H,3-4,6,13H2,(H,19,20)(H2,14,15,18)/t8?,9-,10-/m1/s1. The Balaban J connectivity index is 2.22. The highest BCUT2D eigenvalue weighted by atomic mass is 31.1. The van der Waals surface area contributed by atoms with Gasteiger partial charge in [-0.2, -0.15) is 4.98 Å². The molecule has 1 aliphatic rings. The van der Waals surface area contributed by atoms with Gasteiger partial charge in [0.25, 0.3) is 0 Å². The van der Waals surface area contributed by atoms with Crippen LogP contribution in [0.4, 0.5) is 5.82 Å². The molecule has 126 valence electrons. The van der Waals surface area contributed by atoms with E-state index in [4.69, 9.17) is 21.1 Å². The van der Waals surface area contributed by atoms with Crippen molar-refractivity contribution >= 4 is 14.1 Å². The number of anilines is 1. The molecule has 2 rings (SSSR count). The predicted molar refractivity (Wildman–Crippen MR) is 80.5 cm³/mol. The van der Waals surface area contributed by atoms with E-state index in [0.29, 0.717) is 5.56 Å². The van der Waals surface area contributed by atoms with Gasteiger partial charge < -0.3 is 30.7 Å². The second kappa shape index (κ2) is 7.70. The van der Waals surface area contributed by atoms with Crippen molar-refractivity contribution in [3.63, 3.8) is 0 Å². The SMILES string of the molecule is NCC#Cc1cn([C@H]2CC(O)[C@@H](CO[PH](=O)O)O2)c(=O)nc1N. The van der Waals surface area contributed by atoms with Crippen LogP contribution in [0.15, 0.2) is 11.0 Å². The molecule has 2 heterocycles. The van der Waals surface area contributed by atoms with Gasteiger partial charge in [-0.15, -0.1) is 0 Å². The van der Waals surface area contributed by atoms with Gasteiger partial charge in [0.05, 0.1) is 24.8 Å². The molecule has 0 spiro atoms. The molecule has 0 amide bonds. The zero-order chi connectivity index (χ0) is 17.0. The lowest BCUT2D eigenvalue weighted by Gasteiger charge is -2.16. The summed E-state index contributed by atoms with van der Waals surface area (Å²) < 4.78 is 21.8. The number of hydrogen-bond acceptors (Lipinski definition) is 8. The molecule has 4 atom stereocenters. The van der Waals surface area contributed by atoms with E-state index >= 15 is 0 Å². The summed E-state index contributed by atoms with van der Waals surface area (Å²) in [6.07, 6.45) is -1.12. The first-order valence-electron chi connectivity index (χ1n) is 6.69. The van der Waals surface area contributed by atoms with Gasteiger partial charge >= 0.3 is 13.9 Å². The van der Waals surface area contributed by atoms with Crippen molar-refractivity contribution in [2.45, 2.75) is 24.9 Å². The Labute approximate surface area is 132 Å². The van der Waals surface area contributed by atoms with Crippen molar-refractivity contribution in [1.29, 1.82) is 0 Å². The number of ether oxygens (including phenoxy) is 1. The molecule has 0 bridgehead atoms. The molecule has 0 aromatic carbocycles. The highest BCUT2D eigenvalue weighted by Crippen LogP contribution is 2.30. The quantitative estimate of drug-likeness (QED) is 0.364. The van der Waals surface area contributed by atoms with Crippen LogP contribution in [0.1, 0.15) is 18.2 Å². The smallest absolute Gasteiger partial charge is 0.351 e.